The van der Waals surface area contributed by atoms with Gasteiger partial charge >= 0.3 is 5.69 Å². The van der Waals surface area contributed by atoms with Crippen LogP contribution in [-0.2, 0) is 24.3 Å². The smallest absolute Gasteiger partial charge is 0.346 e. The van der Waals surface area contributed by atoms with Crippen molar-refractivity contribution in [2.75, 3.05) is 5.32 Å². The summed E-state index contributed by atoms with van der Waals surface area (Å²) >= 11 is 0. The van der Waals surface area contributed by atoms with E-state index in [9.17, 15) is 9.59 Å². The molecule has 1 aliphatic heterocycles. The van der Waals surface area contributed by atoms with Crippen molar-refractivity contribution in [2.24, 2.45) is 0 Å². The molecule has 4 rings (SSSR count). The molecule has 0 aliphatic carbocycles. The Balaban J connectivity index is 1.38. The van der Waals surface area contributed by atoms with Crippen LogP contribution in [0.15, 0.2) is 53.3 Å². The molecule has 1 aliphatic rings. The van der Waals surface area contributed by atoms with Crippen LogP contribution in [0, 0.1) is 6.92 Å². The number of amides is 1. The zero-order valence-electron chi connectivity index (χ0n) is 16.4. The van der Waals surface area contributed by atoms with Crippen LogP contribution in [0.2, 0.25) is 0 Å². The number of carbonyl (C=O) groups is 1. The lowest BCUT2D eigenvalue weighted by atomic mass is 10.2. The second-order valence-corrected chi connectivity index (χ2v) is 7.31. The number of aryl methyl sites for hydroxylation is 2. The van der Waals surface area contributed by atoms with Crippen molar-refractivity contribution in [1.82, 2.24) is 14.3 Å². The Morgan fingerprint density at radius 3 is 2.72 bits per heavy atom. The minimum absolute atomic E-state index is 0.0968. The fraction of sp³-hybridized carbons (Fsp3) is 0.318. The Bertz CT molecular complexity index is 1070. The summed E-state index contributed by atoms with van der Waals surface area (Å²) in [6, 6.07) is 14.9. The molecular weight excluding hydrogens is 368 g/mol. The van der Waals surface area contributed by atoms with Crippen LogP contribution in [0.1, 0.15) is 30.7 Å². The SMILES string of the molecule is Cc1cccc(Oc2ccc(NC(=O)Cn3nc4n(c3=O)CCCCC4)cc2)c1. The number of aromatic nitrogens is 3. The Kier molecular flexibility index (Phi) is 5.46. The Morgan fingerprint density at radius 2 is 1.93 bits per heavy atom. The maximum absolute atomic E-state index is 12.5. The molecule has 29 heavy (non-hydrogen) atoms. The molecule has 1 aromatic heterocycles. The zero-order chi connectivity index (χ0) is 20.2. The van der Waals surface area contributed by atoms with Gasteiger partial charge in [-0.15, -0.1) is 0 Å². The molecule has 0 fully saturated rings. The molecule has 0 bridgehead atoms. The van der Waals surface area contributed by atoms with E-state index in [-0.39, 0.29) is 18.1 Å². The quantitative estimate of drug-likeness (QED) is 0.721. The number of carbonyl (C=O) groups excluding carboxylic acids is 1. The van der Waals surface area contributed by atoms with Gasteiger partial charge in [0, 0.05) is 18.7 Å². The van der Waals surface area contributed by atoms with Gasteiger partial charge in [-0.3, -0.25) is 9.36 Å². The predicted molar refractivity (Wildman–Crippen MR) is 110 cm³/mol. The van der Waals surface area contributed by atoms with Crippen molar-refractivity contribution in [2.45, 2.75) is 45.7 Å². The van der Waals surface area contributed by atoms with Gasteiger partial charge in [-0.1, -0.05) is 18.6 Å². The number of fused-ring (bicyclic) bond motifs is 1. The molecule has 2 aromatic carbocycles. The molecule has 1 amide bonds. The standard InChI is InChI=1S/C22H24N4O3/c1-16-6-5-7-19(14-16)29-18-11-9-17(10-12-18)23-21(27)15-26-22(28)25-13-4-2-3-8-20(25)24-26/h5-7,9-12,14H,2-4,8,13,15H2,1H3,(H,23,27). The summed E-state index contributed by atoms with van der Waals surface area (Å²) < 4.78 is 8.76. The first-order chi connectivity index (χ1) is 14.1. The van der Waals surface area contributed by atoms with E-state index in [1.807, 2.05) is 31.2 Å². The third-order valence-corrected chi connectivity index (χ3v) is 4.94. The third-order valence-electron chi connectivity index (χ3n) is 4.94. The molecule has 0 saturated carbocycles. The largest absolute Gasteiger partial charge is 0.457 e. The van der Waals surface area contributed by atoms with Crippen molar-refractivity contribution in [3.05, 3.63) is 70.4 Å². The second kappa shape index (κ2) is 8.34. The maximum atomic E-state index is 12.5. The summed E-state index contributed by atoms with van der Waals surface area (Å²) in [6.45, 7) is 2.59. The maximum Gasteiger partial charge on any atom is 0.346 e. The number of hydrogen-bond acceptors (Lipinski definition) is 4. The van der Waals surface area contributed by atoms with E-state index in [4.69, 9.17) is 4.74 Å². The zero-order valence-corrected chi connectivity index (χ0v) is 16.4. The summed E-state index contributed by atoms with van der Waals surface area (Å²) in [6.07, 6.45) is 3.89. The molecule has 0 radical (unpaired) electrons. The summed E-state index contributed by atoms with van der Waals surface area (Å²) in [5.41, 5.74) is 1.55. The lowest BCUT2D eigenvalue weighted by molar-refractivity contribution is -0.117. The van der Waals surface area contributed by atoms with E-state index in [0.29, 0.717) is 18.0 Å². The molecule has 150 valence electrons. The van der Waals surface area contributed by atoms with Gasteiger partial charge in [0.15, 0.2) is 0 Å². The normalized spacial score (nSPS) is 13.4. The average molecular weight is 392 g/mol. The third kappa shape index (κ3) is 4.56. The fourth-order valence-electron chi connectivity index (χ4n) is 3.49. The van der Waals surface area contributed by atoms with Gasteiger partial charge in [-0.25, -0.2) is 9.48 Å². The molecule has 7 heteroatoms. The van der Waals surface area contributed by atoms with Crippen LogP contribution in [0.3, 0.4) is 0 Å². The molecule has 0 saturated heterocycles. The molecule has 3 aromatic rings. The van der Waals surface area contributed by atoms with Crippen LogP contribution >= 0.6 is 0 Å². The summed E-state index contributed by atoms with van der Waals surface area (Å²) in [7, 11) is 0. The highest BCUT2D eigenvalue weighted by molar-refractivity contribution is 5.90. The molecular formula is C22H24N4O3. The van der Waals surface area contributed by atoms with Crippen LogP contribution in [0.5, 0.6) is 11.5 Å². The Hall–Kier alpha value is -3.35. The van der Waals surface area contributed by atoms with E-state index in [1.165, 1.54) is 4.68 Å². The van der Waals surface area contributed by atoms with Gasteiger partial charge in [-0.2, -0.15) is 5.10 Å². The van der Waals surface area contributed by atoms with E-state index in [0.717, 1.165) is 42.8 Å². The summed E-state index contributed by atoms with van der Waals surface area (Å²) in [4.78, 5) is 24.8. The number of nitrogens with one attached hydrogen (secondary N) is 1. The molecule has 0 spiro atoms. The van der Waals surface area contributed by atoms with Gasteiger partial charge in [0.05, 0.1) is 0 Å². The van der Waals surface area contributed by atoms with Crippen LogP contribution in [-0.4, -0.2) is 20.3 Å². The van der Waals surface area contributed by atoms with Crippen LogP contribution in [0.25, 0.3) is 0 Å². The first-order valence-corrected chi connectivity index (χ1v) is 9.89. The van der Waals surface area contributed by atoms with Gasteiger partial charge in [0.25, 0.3) is 0 Å². The van der Waals surface area contributed by atoms with Crippen molar-refractivity contribution < 1.29 is 9.53 Å². The highest BCUT2D eigenvalue weighted by Crippen LogP contribution is 2.23. The number of ether oxygens (including phenoxy) is 1. The van der Waals surface area contributed by atoms with Crippen molar-refractivity contribution in [3.63, 3.8) is 0 Å². The first kappa shape index (κ1) is 19.0. The van der Waals surface area contributed by atoms with Crippen molar-refractivity contribution in [3.8, 4) is 11.5 Å². The van der Waals surface area contributed by atoms with Gasteiger partial charge in [0.2, 0.25) is 5.91 Å². The molecule has 1 N–H and O–H groups in total. The summed E-state index contributed by atoms with van der Waals surface area (Å²) in [5, 5.41) is 7.15. The van der Waals surface area contributed by atoms with Crippen LogP contribution in [0.4, 0.5) is 5.69 Å². The Morgan fingerprint density at radius 1 is 1.10 bits per heavy atom. The van der Waals surface area contributed by atoms with E-state index >= 15 is 0 Å². The van der Waals surface area contributed by atoms with Crippen LogP contribution < -0.4 is 15.7 Å². The lowest BCUT2D eigenvalue weighted by Gasteiger charge is -2.08. The van der Waals surface area contributed by atoms with Gasteiger partial charge in [-0.05, 0) is 61.7 Å². The number of anilines is 1. The molecule has 2 heterocycles. The number of hydrogen-bond donors (Lipinski definition) is 1. The Labute approximate surface area is 168 Å². The molecule has 0 unspecified atom stereocenters. The first-order valence-electron chi connectivity index (χ1n) is 9.89. The lowest BCUT2D eigenvalue weighted by Crippen LogP contribution is -2.30. The van der Waals surface area contributed by atoms with E-state index in [2.05, 4.69) is 10.4 Å². The molecule has 0 atom stereocenters. The molecule has 7 nitrogen and oxygen atoms in total. The fourth-order valence-corrected chi connectivity index (χ4v) is 3.49. The highest BCUT2D eigenvalue weighted by Gasteiger charge is 2.17. The predicted octanol–water partition coefficient (Wildman–Crippen LogP) is 3.51. The van der Waals surface area contributed by atoms with E-state index in [1.54, 1.807) is 28.8 Å². The van der Waals surface area contributed by atoms with Crippen molar-refractivity contribution in [1.29, 1.82) is 0 Å². The number of benzene rings is 2. The van der Waals surface area contributed by atoms with E-state index < -0.39 is 0 Å². The second-order valence-electron chi connectivity index (χ2n) is 7.31. The minimum atomic E-state index is -0.285. The van der Waals surface area contributed by atoms with Gasteiger partial charge < -0.3 is 10.1 Å². The highest BCUT2D eigenvalue weighted by atomic mass is 16.5. The summed E-state index contributed by atoms with van der Waals surface area (Å²) in [5.74, 6) is 1.94. The number of rotatable bonds is 5. The topological polar surface area (TPSA) is 78.2 Å². The average Bonchev–Trinajstić information content (AvgIpc) is 2.85. The minimum Gasteiger partial charge on any atom is -0.457 e. The van der Waals surface area contributed by atoms with Crippen molar-refractivity contribution >= 4 is 11.6 Å². The number of nitrogens with zero attached hydrogens (tertiary/aromatic N) is 3. The van der Waals surface area contributed by atoms with Gasteiger partial charge in [0.1, 0.15) is 23.9 Å². The monoisotopic (exact) mass is 392 g/mol.